The van der Waals surface area contributed by atoms with Gasteiger partial charge in [0, 0.05) is 23.9 Å². The van der Waals surface area contributed by atoms with Crippen LogP contribution < -0.4 is 15.4 Å². The maximum Gasteiger partial charge on any atom is 0.270 e. The van der Waals surface area contributed by atoms with E-state index >= 15 is 0 Å². The molecule has 0 unspecified atom stereocenters. The maximum absolute atomic E-state index is 12.5. The van der Waals surface area contributed by atoms with Crippen LogP contribution in [0.1, 0.15) is 27.2 Å². The van der Waals surface area contributed by atoms with Crippen LogP contribution in [0.2, 0.25) is 0 Å². The van der Waals surface area contributed by atoms with Crippen molar-refractivity contribution in [2.45, 2.75) is 20.4 Å². The van der Waals surface area contributed by atoms with Crippen LogP contribution in [0.3, 0.4) is 0 Å². The number of carbonyl (C=O) groups excluding carboxylic acids is 1. The molecule has 3 rings (SSSR count). The maximum atomic E-state index is 12.5. The second-order valence-corrected chi connectivity index (χ2v) is 6.16. The molecule has 1 amide bonds. The molecule has 3 aromatic rings. The van der Waals surface area contributed by atoms with Crippen LogP contribution >= 0.6 is 0 Å². The normalized spacial score (nSPS) is 10.3. The summed E-state index contributed by atoms with van der Waals surface area (Å²) in [7, 11) is 1.61. The van der Waals surface area contributed by atoms with Crippen LogP contribution in [-0.2, 0) is 6.54 Å². The number of aromatic nitrogens is 2. The van der Waals surface area contributed by atoms with Crippen LogP contribution in [-0.4, -0.2) is 23.0 Å². The molecule has 1 heterocycles. The van der Waals surface area contributed by atoms with Gasteiger partial charge in [-0.1, -0.05) is 30.3 Å². The summed E-state index contributed by atoms with van der Waals surface area (Å²) in [6.45, 7) is 4.45. The highest BCUT2D eigenvalue weighted by molar-refractivity contribution is 5.93. The van der Waals surface area contributed by atoms with Gasteiger partial charge in [0.15, 0.2) is 0 Å². The molecule has 0 spiro atoms. The topological polar surface area (TPSA) is 76.1 Å². The molecule has 1 aromatic heterocycles. The molecule has 0 saturated carbocycles. The molecule has 0 aliphatic carbocycles. The minimum atomic E-state index is -0.271. The standard InChI is InChI=1S/C21H22N4O2/c1-14-7-6-9-17(15(14)2)25-20-11-18(23-13-24-20)21(26)22-12-16-8-4-5-10-19(16)27-3/h4-11,13H,12H2,1-3H3,(H,22,26)(H,23,24,25). The Hall–Kier alpha value is -3.41. The van der Waals surface area contributed by atoms with E-state index in [0.29, 0.717) is 18.1 Å². The van der Waals surface area contributed by atoms with Crippen LogP contribution in [0.15, 0.2) is 54.9 Å². The van der Waals surface area contributed by atoms with Crippen molar-refractivity contribution in [2.24, 2.45) is 0 Å². The summed E-state index contributed by atoms with van der Waals surface area (Å²) < 4.78 is 5.30. The molecule has 0 aliphatic rings. The molecule has 0 atom stereocenters. The number of nitrogens with zero attached hydrogens (tertiary/aromatic N) is 2. The highest BCUT2D eigenvalue weighted by atomic mass is 16.5. The van der Waals surface area contributed by atoms with Gasteiger partial charge in [0.1, 0.15) is 23.6 Å². The summed E-state index contributed by atoms with van der Waals surface area (Å²) in [5, 5.41) is 6.11. The molecule has 0 aliphatic heterocycles. The molecular formula is C21H22N4O2. The first-order valence-corrected chi connectivity index (χ1v) is 8.64. The van der Waals surface area contributed by atoms with Gasteiger partial charge in [0.2, 0.25) is 0 Å². The van der Waals surface area contributed by atoms with Crippen LogP contribution in [0.4, 0.5) is 11.5 Å². The van der Waals surface area contributed by atoms with Crippen molar-refractivity contribution in [3.05, 3.63) is 77.2 Å². The van der Waals surface area contributed by atoms with Crippen LogP contribution in [0.25, 0.3) is 0 Å². The highest BCUT2D eigenvalue weighted by Crippen LogP contribution is 2.22. The predicted octanol–water partition coefficient (Wildman–Crippen LogP) is 3.78. The second-order valence-electron chi connectivity index (χ2n) is 6.16. The minimum Gasteiger partial charge on any atom is -0.496 e. The van der Waals surface area contributed by atoms with E-state index in [4.69, 9.17) is 4.74 Å². The molecular weight excluding hydrogens is 340 g/mol. The molecule has 2 aromatic carbocycles. The number of ether oxygens (including phenoxy) is 1. The smallest absolute Gasteiger partial charge is 0.270 e. The van der Waals surface area contributed by atoms with Gasteiger partial charge in [-0.3, -0.25) is 4.79 Å². The van der Waals surface area contributed by atoms with E-state index in [1.807, 2.05) is 43.3 Å². The van der Waals surface area contributed by atoms with Gasteiger partial charge in [-0.05, 0) is 37.1 Å². The number of rotatable bonds is 6. The van der Waals surface area contributed by atoms with E-state index in [2.05, 4.69) is 33.6 Å². The lowest BCUT2D eigenvalue weighted by Crippen LogP contribution is -2.24. The third kappa shape index (κ3) is 4.41. The molecule has 27 heavy (non-hydrogen) atoms. The molecule has 0 fully saturated rings. The van der Waals surface area contributed by atoms with Gasteiger partial charge in [0.05, 0.1) is 7.11 Å². The monoisotopic (exact) mass is 362 g/mol. The fraction of sp³-hybridized carbons (Fsp3) is 0.190. The lowest BCUT2D eigenvalue weighted by molar-refractivity contribution is 0.0945. The van der Waals surface area contributed by atoms with Crippen LogP contribution in [0.5, 0.6) is 5.75 Å². The Morgan fingerprint density at radius 1 is 1.07 bits per heavy atom. The van der Waals surface area contributed by atoms with Gasteiger partial charge in [-0.15, -0.1) is 0 Å². The SMILES string of the molecule is COc1ccccc1CNC(=O)c1cc(Nc2cccc(C)c2C)ncn1. The largest absolute Gasteiger partial charge is 0.496 e. The number of hydrogen-bond acceptors (Lipinski definition) is 5. The summed E-state index contributed by atoms with van der Waals surface area (Å²) in [5.41, 5.74) is 4.47. The van der Waals surface area contributed by atoms with Crippen molar-refractivity contribution < 1.29 is 9.53 Å². The molecule has 0 bridgehead atoms. The number of methoxy groups -OCH3 is 1. The summed E-state index contributed by atoms with van der Waals surface area (Å²) in [5.74, 6) is 1.03. The Morgan fingerprint density at radius 2 is 1.89 bits per heavy atom. The van der Waals surface area contributed by atoms with Crippen LogP contribution in [0, 0.1) is 13.8 Å². The molecule has 138 valence electrons. The second kappa shape index (κ2) is 8.31. The Kier molecular flexibility index (Phi) is 5.66. The Balaban J connectivity index is 1.71. The number of carbonyl (C=O) groups is 1. The van der Waals surface area contributed by atoms with Gasteiger partial charge in [-0.2, -0.15) is 0 Å². The Labute approximate surface area is 158 Å². The number of anilines is 2. The summed E-state index contributed by atoms with van der Waals surface area (Å²) >= 11 is 0. The van der Waals surface area contributed by atoms with E-state index in [1.54, 1.807) is 13.2 Å². The van der Waals surface area contributed by atoms with Gasteiger partial charge >= 0.3 is 0 Å². The highest BCUT2D eigenvalue weighted by Gasteiger charge is 2.11. The van der Waals surface area contributed by atoms with Crippen molar-refractivity contribution in [1.82, 2.24) is 15.3 Å². The Bertz CT molecular complexity index is 956. The summed E-state index contributed by atoms with van der Waals surface area (Å²) in [4.78, 5) is 20.8. The average Bonchev–Trinajstić information content (AvgIpc) is 2.70. The average molecular weight is 362 g/mol. The lowest BCUT2D eigenvalue weighted by Gasteiger charge is -2.12. The predicted molar refractivity (Wildman–Crippen MR) is 105 cm³/mol. The first-order valence-electron chi connectivity index (χ1n) is 8.64. The number of amides is 1. The third-order valence-corrected chi connectivity index (χ3v) is 4.40. The van der Waals surface area contributed by atoms with Crippen molar-refractivity contribution in [3.63, 3.8) is 0 Å². The van der Waals surface area contributed by atoms with Gasteiger partial charge in [0.25, 0.3) is 5.91 Å². The van der Waals surface area contributed by atoms with Gasteiger partial charge < -0.3 is 15.4 Å². The van der Waals surface area contributed by atoms with Crippen molar-refractivity contribution in [2.75, 3.05) is 12.4 Å². The number of hydrogen-bond donors (Lipinski definition) is 2. The molecule has 6 nitrogen and oxygen atoms in total. The Morgan fingerprint density at radius 3 is 2.70 bits per heavy atom. The summed E-state index contributed by atoms with van der Waals surface area (Å²) in [6.07, 6.45) is 1.38. The minimum absolute atomic E-state index is 0.271. The first-order chi connectivity index (χ1) is 13.1. The zero-order valence-corrected chi connectivity index (χ0v) is 15.6. The van der Waals surface area contributed by atoms with Crippen molar-refractivity contribution in [1.29, 1.82) is 0 Å². The van der Waals surface area contributed by atoms with E-state index in [9.17, 15) is 4.79 Å². The summed E-state index contributed by atoms with van der Waals surface area (Å²) in [6, 6.07) is 15.2. The van der Waals surface area contributed by atoms with Crippen molar-refractivity contribution in [3.8, 4) is 5.75 Å². The van der Waals surface area contributed by atoms with Gasteiger partial charge in [-0.25, -0.2) is 9.97 Å². The zero-order chi connectivity index (χ0) is 19.2. The third-order valence-electron chi connectivity index (χ3n) is 4.40. The number of benzene rings is 2. The zero-order valence-electron chi connectivity index (χ0n) is 15.6. The molecule has 0 saturated heterocycles. The lowest BCUT2D eigenvalue weighted by atomic mass is 10.1. The molecule has 2 N–H and O–H groups in total. The molecule has 0 radical (unpaired) electrons. The van der Waals surface area contributed by atoms with E-state index in [-0.39, 0.29) is 5.91 Å². The van der Waals surface area contributed by atoms with E-state index in [0.717, 1.165) is 22.6 Å². The fourth-order valence-corrected chi connectivity index (χ4v) is 2.69. The van der Waals surface area contributed by atoms with E-state index in [1.165, 1.54) is 11.9 Å². The number of para-hydroxylation sites is 1. The fourth-order valence-electron chi connectivity index (χ4n) is 2.69. The number of nitrogens with one attached hydrogen (secondary N) is 2. The quantitative estimate of drug-likeness (QED) is 0.698. The molecule has 6 heteroatoms. The number of aryl methyl sites for hydroxylation is 1. The van der Waals surface area contributed by atoms with E-state index < -0.39 is 0 Å². The first kappa shape index (κ1) is 18.4. The van der Waals surface area contributed by atoms with Crippen molar-refractivity contribution >= 4 is 17.4 Å².